The van der Waals surface area contributed by atoms with Gasteiger partial charge in [-0.15, -0.1) is 10.2 Å². The average Bonchev–Trinajstić information content (AvgIpc) is 3.57. The Labute approximate surface area is 222 Å². The Balaban J connectivity index is 1.29. The summed E-state index contributed by atoms with van der Waals surface area (Å²) >= 11 is 0. The van der Waals surface area contributed by atoms with Gasteiger partial charge in [0.2, 0.25) is 0 Å². The van der Waals surface area contributed by atoms with E-state index in [2.05, 4.69) is 77.8 Å². The fourth-order valence-corrected chi connectivity index (χ4v) is 5.42. The van der Waals surface area contributed by atoms with Crippen LogP contribution in [-0.4, -0.2) is 50.2 Å². The highest BCUT2D eigenvalue weighted by molar-refractivity contribution is 5.75. The first-order valence-electron chi connectivity index (χ1n) is 13.0. The Morgan fingerprint density at radius 1 is 1.03 bits per heavy atom. The van der Waals surface area contributed by atoms with E-state index in [0.717, 1.165) is 47.5 Å². The smallest absolute Gasteiger partial charge is 0.175 e. The highest BCUT2D eigenvalue weighted by Crippen LogP contribution is 2.38. The van der Waals surface area contributed by atoms with E-state index in [0.29, 0.717) is 18.3 Å². The number of hydrogen-bond donors (Lipinski definition) is 3. The molecule has 1 heterocycles. The van der Waals surface area contributed by atoms with Crippen molar-refractivity contribution in [2.75, 3.05) is 13.2 Å². The Hall–Kier alpha value is -3.75. The zero-order chi connectivity index (χ0) is 26.6. The van der Waals surface area contributed by atoms with Gasteiger partial charge in [0.25, 0.3) is 0 Å². The fourth-order valence-electron chi connectivity index (χ4n) is 5.42. The third kappa shape index (κ3) is 5.56. The Bertz CT molecular complexity index is 1380. The molecule has 0 bridgehead atoms. The van der Waals surface area contributed by atoms with E-state index in [1.807, 2.05) is 12.1 Å². The molecule has 8 heteroatoms. The maximum atomic E-state index is 9.60. The van der Waals surface area contributed by atoms with Gasteiger partial charge in [-0.05, 0) is 108 Å². The number of aliphatic hydroxyl groups is 2. The van der Waals surface area contributed by atoms with Gasteiger partial charge in [0.15, 0.2) is 5.82 Å². The number of hydrogen-bond acceptors (Lipinski definition) is 7. The number of rotatable bonds is 10. The van der Waals surface area contributed by atoms with Gasteiger partial charge in [-0.1, -0.05) is 29.5 Å². The molecule has 8 nitrogen and oxygen atoms in total. The minimum atomic E-state index is -0.891. The Morgan fingerprint density at radius 2 is 1.84 bits per heavy atom. The van der Waals surface area contributed by atoms with Crippen LogP contribution in [0.15, 0.2) is 48.5 Å². The second-order valence-corrected chi connectivity index (χ2v) is 10.1. The molecular weight excluding hydrogens is 480 g/mol. The molecule has 0 fully saturated rings. The van der Waals surface area contributed by atoms with Gasteiger partial charge < -0.3 is 19.7 Å². The molecule has 5 rings (SSSR count). The zero-order valence-electron chi connectivity index (χ0n) is 22.1. The maximum Gasteiger partial charge on any atom is 0.175 e. The molecule has 4 aromatic rings. The summed E-state index contributed by atoms with van der Waals surface area (Å²) in [6, 6.07) is 16.7. The van der Waals surface area contributed by atoms with Crippen LogP contribution in [0.4, 0.5) is 0 Å². The maximum absolute atomic E-state index is 9.60. The topological polar surface area (TPSA) is 113 Å². The van der Waals surface area contributed by atoms with Crippen molar-refractivity contribution in [3.8, 4) is 22.6 Å². The van der Waals surface area contributed by atoms with Crippen LogP contribution < -0.4 is 9.47 Å². The number of nitrogens with one attached hydrogen (secondary N) is 1. The lowest BCUT2D eigenvalue weighted by Gasteiger charge is -2.18. The average molecular weight is 515 g/mol. The third-order valence-corrected chi connectivity index (χ3v) is 7.40. The van der Waals surface area contributed by atoms with Crippen LogP contribution in [0, 0.1) is 20.8 Å². The summed E-state index contributed by atoms with van der Waals surface area (Å²) in [5.74, 6) is 2.74. The van der Waals surface area contributed by atoms with Gasteiger partial charge in [0, 0.05) is 6.42 Å². The Morgan fingerprint density at radius 3 is 2.58 bits per heavy atom. The van der Waals surface area contributed by atoms with E-state index in [-0.39, 0.29) is 13.2 Å². The molecule has 0 saturated heterocycles. The largest absolute Gasteiger partial charge is 0.491 e. The lowest BCUT2D eigenvalue weighted by molar-refractivity contribution is 0.0536. The predicted molar refractivity (Wildman–Crippen MR) is 144 cm³/mol. The van der Waals surface area contributed by atoms with Crippen LogP contribution in [0.2, 0.25) is 0 Å². The second kappa shape index (κ2) is 11.3. The summed E-state index contributed by atoms with van der Waals surface area (Å²) < 4.78 is 11.9. The first-order valence-corrected chi connectivity index (χ1v) is 13.0. The molecule has 1 aromatic heterocycles. The molecule has 198 valence electrons. The zero-order valence-corrected chi connectivity index (χ0v) is 22.1. The van der Waals surface area contributed by atoms with Crippen molar-refractivity contribution in [2.45, 2.75) is 58.7 Å². The fraction of sp³-hybridized carbons (Fsp3) is 0.367. The van der Waals surface area contributed by atoms with E-state index < -0.39 is 6.10 Å². The van der Waals surface area contributed by atoms with Gasteiger partial charge in [-0.25, -0.2) is 0 Å². The standard InChI is InChI=1S/C30H34N4O4/c1-18-11-26(38-17-24(36)15-35)12-19(2)30(18)27-6-4-5-23(20(27)3)16-37-25-9-10-28-21(13-25)7-8-22(28)14-29-31-33-34-32-29/h4-6,9-13,22,24,35-36H,7-8,14-17H2,1-3H3,(H,31,32,33,34)/t22?,24-/m1/s1. The third-order valence-electron chi connectivity index (χ3n) is 7.40. The molecule has 1 unspecified atom stereocenters. The number of ether oxygens (including phenoxy) is 2. The molecule has 0 spiro atoms. The van der Waals surface area contributed by atoms with Crippen LogP contribution in [0.3, 0.4) is 0 Å². The van der Waals surface area contributed by atoms with Crippen LogP contribution in [-0.2, 0) is 19.4 Å². The highest BCUT2D eigenvalue weighted by Gasteiger charge is 2.24. The summed E-state index contributed by atoms with van der Waals surface area (Å²) in [6.07, 6.45) is 2.02. The van der Waals surface area contributed by atoms with Crippen LogP contribution in [0.25, 0.3) is 11.1 Å². The molecule has 0 amide bonds. The summed E-state index contributed by atoms with van der Waals surface area (Å²) in [4.78, 5) is 0. The Kier molecular flexibility index (Phi) is 7.72. The molecule has 38 heavy (non-hydrogen) atoms. The van der Waals surface area contributed by atoms with Crippen molar-refractivity contribution in [1.29, 1.82) is 0 Å². The highest BCUT2D eigenvalue weighted by atomic mass is 16.5. The number of aromatic amines is 1. The van der Waals surface area contributed by atoms with Crippen molar-refractivity contribution in [3.05, 3.63) is 87.7 Å². The quantitative estimate of drug-likeness (QED) is 0.288. The van der Waals surface area contributed by atoms with Gasteiger partial charge in [0.1, 0.15) is 30.8 Å². The van der Waals surface area contributed by atoms with Crippen molar-refractivity contribution in [2.24, 2.45) is 0 Å². The number of nitrogens with zero attached hydrogens (tertiary/aromatic N) is 3. The van der Waals surface area contributed by atoms with E-state index in [1.54, 1.807) is 0 Å². The van der Waals surface area contributed by atoms with Crippen LogP contribution in [0.1, 0.15) is 51.5 Å². The van der Waals surface area contributed by atoms with Gasteiger partial charge in [-0.3, -0.25) is 0 Å². The minimum Gasteiger partial charge on any atom is -0.491 e. The van der Waals surface area contributed by atoms with Crippen LogP contribution >= 0.6 is 0 Å². The van der Waals surface area contributed by atoms with E-state index in [9.17, 15) is 5.11 Å². The van der Waals surface area contributed by atoms with Crippen LogP contribution in [0.5, 0.6) is 11.5 Å². The SMILES string of the molecule is Cc1cc(OC[C@H](O)CO)cc(C)c1-c1cccc(COc2ccc3c(c2)CCC3Cc2nn[nH]n2)c1C. The van der Waals surface area contributed by atoms with Crippen molar-refractivity contribution in [3.63, 3.8) is 0 Å². The lowest BCUT2D eigenvalue weighted by atomic mass is 9.90. The summed E-state index contributed by atoms with van der Waals surface area (Å²) in [5.41, 5.74) is 9.53. The van der Waals surface area contributed by atoms with E-state index in [4.69, 9.17) is 14.6 Å². The minimum absolute atomic E-state index is 0.0583. The monoisotopic (exact) mass is 514 g/mol. The number of tetrazole rings is 1. The number of aliphatic hydroxyl groups excluding tert-OH is 2. The molecule has 0 saturated carbocycles. The first-order chi connectivity index (χ1) is 18.4. The molecular formula is C30H34N4O4. The normalized spacial score (nSPS) is 15.3. The first kappa shape index (κ1) is 25.9. The number of aryl methyl sites for hydroxylation is 3. The molecule has 1 aliphatic rings. The number of aromatic nitrogens is 4. The molecule has 0 aliphatic heterocycles. The summed E-state index contributed by atoms with van der Waals surface area (Å²) in [5, 5.41) is 33.1. The number of fused-ring (bicyclic) bond motifs is 1. The van der Waals surface area contributed by atoms with Crippen molar-refractivity contribution >= 4 is 0 Å². The molecule has 1 aliphatic carbocycles. The lowest BCUT2D eigenvalue weighted by Crippen LogP contribution is -2.21. The van der Waals surface area contributed by atoms with Crippen molar-refractivity contribution in [1.82, 2.24) is 20.6 Å². The van der Waals surface area contributed by atoms with E-state index in [1.165, 1.54) is 27.8 Å². The number of benzene rings is 3. The van der Waals surface area contributed by atoms with Crippen molar-refractivity contribution < 1.29 is 19.7 Å². The van der Waals surface area contributed by atoms with E-state index >= 15 is 0 Å². The summed E-state index contributed by atoms with van der Waals surface area (Å²) in [6.45, 7) is 6.50. The predicted octanol–water partition coefficient (Wildman–Crippen LogP) is 4.38. The summed E-state index contributed by atoms with van der Waals surface area (Å²) in [7, 11) is 0. The molecule has 0 radical (unpaired) electrons. The van der Waals surface area contributed by atoms with Gasteiger partial charge in [0.05, 0.1) is 6.61 Å². The molecule has 3 aromatic carbocycles. The van der Waals surface area contributed by atoms with Gasteiger partial charge >= 0.3 is 0 Å². The molecule has 3 N–H and O–H groups in total. The number of H-pyrrole nitrogens is 1. The second-order valence-electron chi connectivity index (χ2n) is 10.1. The molecule has 2 atom stereocenters. The van der Waals surface area contributed by atoms with Gasteiger partial charge in [-0.2, -0.15) is 5.21 Å².